The van der Waals surface area contributed by atoms with Crippen molar-refractivity contribution in [2.24, 2.45) is 0 Å². The summed E-state index contributed by atoms with van der Waals surface area (Å²) < 4.78 is 6.91. The number of nitrogens with zero attached hydrogens (tertiary/aromatic N) is 1. The molecule has 0 saturated carbocycles. The minimum atomic E-state index is 0.864. The van der Waals surface area contributed by atoms with Crippen molar-refractivity contribution in [3.05, 3.63) is 249 Å². The molecule has 0 spiro atoms. The Balaban J connectivity index is 0.966. The van der Waals surface area contributed by atoms with Crippen LogP contribution in [0.4, 0.5) is 17.1 Å². The van der Waals surface area contributed by atoms with Crippen molar-refractivity contribution in [2.75, 3.05) is 4.90 Å². The second-order valence-corrected chi connectivity index (χ2v) is 17.2. The van der Waals surface area contributed by atoms with Crippen molar-refractivity contribution in [2.45, 2.75) is 0 Å². The fraction of sp³-hybridized carbons (Fsp3) is 0. The van der Waals surface area contributed by atoms with Gasteiger partial charge in [-0.2, -0.15) is 0 Å². The van der Waals surface area contributed by atoms with E-state index in [1.165, 1.54) is 65.3 Å². The van der Waals surface area contributed by atoms with Gasteiger partial charge in [0.25, 0.3) is 0 Å². The van der Waals surface area contributed by atoms with Crippen molar-refractivity contribution in [1.29, 1.82) is 0 Å². The Kier molecular flexibility index (Phi) is 8.89. The zero-order valence-corrected chi connectivity index (χ0v) is 36.0. The van der Waals surface area contributed by atoms with Crippen LogP contribution in [0, 0.1) is 0 Å². The first-order chi connectivity index (χ1) is 32.7. The SMILES string of the molecule is c1ccc(-c2ccc(-c3ccc(N(c4ccc(-c5ccc6c7ccccc7c7ccccc7c6c5)cc4)c4ccc(-c5cccc6ccccc56)c5oc6ccccc6c45)cc3)cc2)cc1. The topological polar surface area (TPSA) is 16.4 Å². The van der Waals surface area contributed by atoms with Crippen LogP contribution in [0.2, 0.25) is 0 Å². The molecule has 308 valence electrons. The molecule has 1 heterocycles. The Labute approximate surface area is 382 Å². The van der Waals surface area contributed by atoms with Gasteiger partial charge in [-0.15, -0.1) is 0 Å². The maximum absolute atomic E-state index is 6.91. The second-order valence-electron chi connectivity index (χ2n) is 17.2. The quantitative estimate of drug-likeness (QED) is 0.149. The minimum absolute atomic E-state index is 0.864. The molecule has 13 rings (SSSR count). The molecule has 1 aromatic heterocycles. The maximum Gasteiger partial charge on any atom is 0.145 e. The van der Waals surface area contributed by atoms with Crippen LogP contribution in [0.3, 0.4) is 0 Å². The third-order valence-electron chi connectivity index (χ3n) is 13.5. The van der Waals surface area contributed by atoms with E-state index in [1.54, 1.807) is 0 Å². The first-order valence-electron chi connectivity index (χ1n) is 22.7. The number of anilines is 3. The summed E-state index contributed by atoms with van der Waals surface area (Å²) in [6.07, 6.45) is 0. The van der Waals surface area contributed by atoms with E-state index in [1.807, 2.05) is 0 Å². The minimum Gasteiger partial charge on any atom is -0.455 e. The molecule has 0 fully saturated rings. The first kappa shape index (κ1) is 37.8. The van der Waals surface area contributed by atoms with E-state index in [2.05, 4.69) is 254 Å². The predicted molar refractivity (Wildman–Crippen MR) is 280 cm³/mol. The normalized spacial score (nSPS) is 11.6. The lowest BCUT2D eigenvalue weighted by molar-refractivity contribution is 0.670. The average Bonchev–Trinajstić information content (AvgIpc) is 3.79. The van der Waals surface area contributed by atoms with Crippen molar-refractivity contribution >= 4 is 82.1 Å². The Bertz CT molecular complexity index is 3920. The van der Waals surface area contributed by atoms with Crippen LogP contribution in [0.5, 0.6) is 0 Å². The molecule has 0 atom stereocenters. The van der Waals surface area contributed by atoms with Crippen molar-refractivity contribution in [1.82, 2.24) is 0 Å². The average molecular weight is 840 g/mol. The van der Waals surface area contributed by atoms with Gasteiger partial charge in [0.1, 0.15) is 11.2 Å². The van der Waals surface area contributed by atoms with Crippen LogP contribution in [0.25, 0.3) is 110 Å². The summed E-state index contributed by atoms with van der Waals surface area (Å²) in [5.41, 5.74) is 14.2. The molecule has 0 aliphatic carbocycles. The fourth-order valence-electron chi connectivity index (χ4n) is 10.3. The molecule has 0 unspecified atom stereocenters. The van der Waals surface area contributed by atoms with Crippen LogP contribution in [0.1, 0.15) is 0 Å². The van der Waals surface area contributed by atoms with E-state index in [4.69, 9.17) is 4.42 Å². The third-order valence-corrected chi connectivity index (χ3v) is 13.5. The van der Waals surface area contributed by atoms with Crippen molar-refractivity contribution in [3.8, 4) is 44.5 Å². The van der Waals surface area contributed by atoms with E-state index in [0.717, 1.165) is 61.3 Å². The molecule has 2 heteroatoms. The monoisotopic (exact) mass is 839 g/mol. The van der Waals surface area contributed by atoms with Gasteiger partial charge in [-0.25, -0.2) is 0 Å². The maximum atomic E-state index is 6.91. The Morgan fingerprint density at radius 3 is 1.36 bits per heavy atom. The highest BCUT2D eigenvalue weighted by Crippen LogP contribution is 2.48. The lowest BCUT2D eigenvalue weighted by Crippen LogP contribution is -2.10. The van der Waals surface area contributed by atoms with E-state index < -0.39 is 0 Å². The van der Waals surface area contributed by atoms with Gasteiger partial charge >= 0.3 is 0 Å². The Hall–Kier alpha value is -8.72. The molecular weight excluding hydrogens is 799 g/mol. The molecule has 66 heavy (non-hydrogen) atoms. The van der Waals surface area contributed by atoms with Gasteiger partial charge in [0, 0.05) is 22.3 Å². The predicted octanol–water partition coefficient (Wildman–Crippen LogP) is 18.3. The van der Waals surface area contributed by atoms with Crippen LogP contribution in [0.15, 0.2) is 253 Å². The molecule has 12 aromatic carbocycles. The highest BCUT2D eigenvalue weighted by Gasteiger charge is 2.23. The standard InChI is InChI=1S/C64H41NO/c1-2-13-42(14-3-1)43-25-27-44(28-26-43)45-29-34-49(35-30-45)65(61-40-39-58(52-23-12-16-47-15-4-5-17-51(47)52)64-63(61)59-22-10-11-24-62(59)66-64)50-36-31-46(32-37-50)48-33-38-57-55-20-7-6-18-53(55)54-19-8-9-21-56(54)60(57)41-48/h1-41H. The van der Waals surface area contributed by atoms with Gasteiger partial charge in [-0.3, -0.25) is 0 Å². The van der Waals surface area contributed by atoms with Crippen molar-refractivity contribution < 1.29 is 4.42 Å². The number of hydrogen-bond donors (Lipinski definition) is 0. The van der Waals surface area contributed by atoms with Crippen LogP contribution in [-0.2, 0) is 0 Å². The van der Waals surface area contributed by atoms with Crippen LogP contribution >= 0.6 is 0 Å². The molecule has 0 aliphatic rings. The highest BCUT2D eigenvalue weighted by atomic mass is 16.3. The van der Waals surface area contributed by atoms with Gasteiger partial charge in [-0.05, 0) is 131 Å². The largest absolute Gasteiger partial charge is 0.455 e. The number of hydrogen-bond acceptors (Lipinski definition) is 2. The molecule has 0 radical (unpaired) electrons. The molecule has 0 bridgehead atoms. The highest BCUT2D eigenvalue weighted by molar-refractivity contribution is 6.26. The zero-order valence-electron chi connectivity index (χ0n) is 36.0. The Morgan fingerprint density at radius 1 is 0.273 bits per heavy atom. The number of benzene rings is 12. The molecule has 0 N–H and O–H groups in total. The van der Waals surface area contributed by atoms with Crippen molar-refractivity contribution in [3.63, 3.8) is 0 Å². The summed E-state index contributed by atoms with van der Waals surface area (Å²) in [6, 6.07) is 90.1. The van der Waals surface area contributed by atoms with E-state index >= 15 is 0 Å². The summed E-state index contributed by atoms with van der Waals surface area (Å²) in [5.74, 6) is 0. The van der Waals surface area contributed by atoms with Gasteiger partial charge in [-0.1, -0.05) is 200 Å². The molecule has 0 saturated heterocycles. The number of rotatable bonds is 7. The smallest absolute Gasteiger partial charge is 0.145 e. The van der Waals surface area contributed by atoms with Gasteiger partial charge in [0.05, 0.1) is 11.1 Å². The lowest BCUT2D eigenvalue weighted by atomic mass is 9.92. The molecule has 2 nitrogen and oxygen atoms in total. The number of furan rings is 1. The number of para-hydroxylation sites is 1. The first-order valence-corrected chi connectivity index (χ1v) is 22.7. The van der Waals surface area contributed by atoms with Gasteiger partial charge in [0.2, 0.25) is 0 Å². The lowest BCUT2D eigenvalue weighted by Gasteiger charge is -2.27. The summed E-state index contributed by atoms with van der Waals surface area (Å²) in [4.78, 5) is 2.39. The summed E-state index contributed by atoms with van der Waals surface area (Å²) in [6.45, 7) is 0. The van der Waals surface area contributed by atoms with Gasteiger partial charge in [0.15, 0.2) is 0 Å². The van der Waals surface area contributed by atoms with Crippen LogP contribution in [-0.4, -0.2) is 0 Å². The molecule has 0 aliphatic heterocycles. The molecular formula is C64H41NO. The second kappa shape index (κ2) is 15.5. The molecule has 13 aromatic rings. The summed E-state index contributed by atoms with van der Waals surface area (Å²) >= 11 is 0. The van der Waals surface area contributed by atoms with Crippen LogP contribution < -0.4 is 4.90 Å². The zero-order chi connectivity index (χ0) is 43.6. The summed E-state index contributed by atoms with van der Waals surface area (Å²) in [5, 5.41) is 12.2. The number of fused-ring (bicyclic) bond motifs is 10. The fourth-order valence-corrected chi connectivity index (χ4v) is 10.3. The van der Waals surface area contributed by atoms with Gasteiger partial charge < -0.3 is 9.32 Å². The third kappa shape index (κ3) is 6.26. The Morgan fingerprint density at radius 2 is 0.727 bits per heavy atom. The van der Waals surface area contributed by atoms with E-state index in [-0.39, 0.29) is 0 Å². The van der Waals surface area contributed by atoms with E-state index in [9.17, 15) is 0 Å². The summed E-state index contributed by atoms with van der Waals surface area (Å²) in [7, 11) is 0. The van der Waals surface area contributed by atoms with E-state index in [0.29, 0.717) is 0 Å². The molecule has 0 amide bonds.